The summed E-state index contributed by atoms with van der Waals surface area (Å²) >= 11 is 3.19. The van der Waals surface area contributed by atoms with Gasteiger partial charge in [-0.2, -0.15) is 0 Å². The van der Waals surface area contributed by atoms with Gasteiger partial charge in [-0.25, -0.2) is 13.1 Å². The van der Waals surface area contributed by atoms with Crippen LogP contribution in [0, 0.1) is 5.92 Å². The minimum Gasteiger partial charge on any atom is -0.366 e. The van der Waals surface area contributed by atoms with Gasteiger partial charge in [0.1, 0.15) is 0 Å². The number of nitrogens with two attached hydrogens (primary N) is 2. The first-order valence-corrected chi connectivity index (χ1v) is 8.80. The van der Waals surface area contributed by atoms with Crippen molar-refractivity contribution >= 4 is 31.9 Å². The Labute approximate surface area is 132 Å². The van der Waals surface area contributed by atoms with Crippen LogP contribution in [0.2, 0.25) is 0 Å². The van der Waals surface area contributed by atoms with Crippen molar-refractivity contribution < 1.29 is 13.2 Å². The highest BCUT2D eigenvalue weighted by atomic mass is 79.9. The average molecular weight is 376 g/mol. The van der Waals surface area contributed by atoms with Gasteiger partial charge >= 0.3 is 0 Å². The molecule has 1 saturated carbocycles. The summed E-state index contributed by atoms with van der Waals surface area (Å²) < 4.78 is 28.2. The molecule has 2 rings (SSSR count). The molecule has 8 heteroatoms. The van der Waals surface area contributed by atoms with Crippen molar-refractivity contribution in [2.24, 2.45) is 17.4 Å². The van der Waals surface area contributed by atoms with Crippen LogP contribution in [-0.2, 0) is 10.0 Å². The molecule has 1 amide bonds. The molecule has 0 saturated heterocycles. The van der Waals surface area contributed by atoms with Gasteiger partial charge in [0.2, 0.25) is 15.9 Å². The van der Waals surface area contributed by atoms with E-state index in [1.807, 2.05) is 0 Å². The van der Waals surface area contributed by atoms with Crippen molar-refractivity contribution in [3.63, 3.8) is 0 Å². The summed E-state index contributed by atoms with van der Waals surface area (Å²) in [5, 5.41) is 0. The van der Waals surface area contributed by atoms with E-state index in [1.54, 1.807) is 6.92 Å². The molecule has 0 heterocycles. The smallest absolute Gasteiger partial charge is 0.248 e. The summed E-state index contributed by atoms with van der Waals surface area (Å²) in [5.74, 6) is -0.434. The lowest BCUT2D eigenvalue weighted by Gasteiger charge is -2.29. The summed E-state index contributed by atoms with van der Waals surface area (Å²) in [4.78, 5) is 11.2. The number of nitrogens with one attached hydrogen (secondary N) is 1. The molecule has 0 bridgehead atoms. The molecule has 5 N–H and O–H groups in total. The molecule has 1 aromatic carbocycles. The lowest BCUT2D eigenvalue weighted by molar-refractivity contribution is 0.1000. The Morgan fingerprint density at radius 3 is 2.52 bits per heavy atom. The van der Waals surface area contributed by atoms with E-state index in [4.69, 9.17) is 11.5 Å². The maximum Gasteiger partial charge on any atom is 0.248 e. The first-order chi connectivity index (χ1) is 9.68. The number of rotatable bonds is 6. The molecule has 1 aliphatic rings. The maximum absolute atomic E-state index is 12.5. The zero-order chi connectivity index (χ0) is 15.8. The number of sulfonamides is 1. The van der Waals surface area contributed by atoms with Crippen LogP contribution < -0.4 is 16.2 Å². The highest BCUT2D eigenvalue weighted by Crippen LogP contribution is 2.39. The highest BCUT2D eigenvalue weighted by Gasteiger charge is 2.43. The first kappa shape index (κ1) is 16.4. The molecule has 0 spiro atoms. The van der Waals surface area contributed by atoms with E-state index in [0.717, 1.165) is 12.8 Å². The van der Waals surface area contributed by atoms with Crippen molar-refractivity contribution in [3.8, 4) is 0 Å². The van der Waals surface area contributed by atoms with Gasteiger partial charge in [0.15, 0.2) is 0 Å². The topological polar surface area (TPSA) is 115 Å². The Balaban J connectivity index is 2.37. The van der Waals surface area contributed by atoms with Crippen LogP contribution in [0.1, 0.15) is 30.1 Å². The Kier molecular flexibility index (Phi) is 4.44. The fraction of sp³-hybridized carbons (Fsp3) is 0.462. The monoisotopic (exact) mass is 375 g/mol. The predicted molar refractivity (Wildman–Crippen MR) is 83.2 cm³/mol. The van der Waals surface area contributed by atoms with Gasteiger partial charge in [-0.3, -0.25) is 4.79 Å². The summed E-state index contributed by atoms with van der Waals surface area (Å²) in [6.45, 7) is 2.02. The van der Waals surface area contributed by atoms with Gasteiger partial charge in [-0.05, 0) is 43.9 Å². The molecule has 0 aliphatic heterocycles. The zero-order valence-corrected chi connectivity index (χ0v) is 14.0. The van der Waals surface area contributed by atoms with Crippen molar-refractivity contribution in [3.05, 3.63) is 28.2 Å². The summed E-state index contributed by atoms with van der Waals surface area (Å²) in [6.07, 6.45) is 1.92. The van der Waals surface area contributed by atoms with Crippen molar-refractivity contribution in [2.75, 3.05) is 6.54 Å². The van der Waals surface area contributed by atoms with E-state index in [1.165, 1.54) is 18.2 Å². The minimum atomic E-state index is -3.78. The van der Waals surface area contributed by atoms with E-state index >= 15 is 0 Å². The Morgan fingerprint density at radius 1 is 1.43 bits per heavy atom. The van der Waals surface area contributed by atoms with Crippen LogP contribution in [0.4, 0.5) is 0 Å². The van der Waals surface area contributed by atoms with Gasteiger partial charge in [0.05, 0.1) is 4.90 Å². The van der Waals surface area contributed by atoms with Crippen LogP contribution in [0.25, 0.3) is 0 Å². The molecule has 1 aliphatic carbocycles. The van der Waals surface area contributed by atoms with E-state index in [-0.39, 0.29) is 22.9 Å². The fourth-order valence-corrected chi connectivity index (χ4v) is 4.43. The molecule has 1 aromatic rings. The number of hydrogen-bond donors (Lipinski definition) is 3. The van der Waals surface area contributed by atoms with Gasteiger partial charge in [0.25, 0.3) is 0 Å². The lowest BCUT2D eigenvalue weighted by atomic mass is 9.98. The van der Waals surface area contributed by atoms with Crippen LogP contribution in [0.3, 0.4) is 0 Å². The number of halogens is 1. The van der Waals surface area contributed by atoms with Gasteiger partial charge in [-0.15, -0.1) is 0 Å². The number of carbonyl (C=O) groups excluding carboxylic acids is 1. The molecule has 0 aromatic heterocycles. The van der Waals surface area contributed by atoms with Crippen molar-refractivity contribution in [1.82, 2.24) is 4.72 Å². The number of amides is 1. The van der Waals surface area contributed by atoms with Gasteiger partial charge < -0.3 is 11.5 Å². The van der Waals surface area contributed by atoms with Crippen LogP contribution in [-0.4, -0.2) is 26.4 Å². The van der Waals surface area contributed by atoms with E-state index in [2.05, 4.69) is 20.7 Å². The number of carbonyl (C=O) groups is 1. The largest absolute Gasteiger partial charge is 0.366 e. The number of primary amides is 1. The second-order valence-corrected chi connectivity index (χ2v) is 8.14. The Bertz CT molecular complexity index is 673. The molecular weight excluding hydrogens is 358 g/mol. The summed E-state index contributed by atoms with van der Waals surface area (Å²) in [5.41, 5.74) is 10.4. The Hall–Kier alpha value is -0.960. The molecule has 1 atom stereocenters. The first-order valence-electron chi connectivity index (χ1n) is 6.52. The predicted octanol–water partition coefficient (Wildman–Crippen LogP) is 0.954. The summed E-state index contributed by atoms with van der Waals surface area (Å²) in [7, 11) is -3.78. The SMILES string of the molecule is CC(CN)(NS(=O)(=O)c1cc(Br)cc(C(N)=O)c1)C1CC1. The lowest BCUT2D eigenvalue weighted by Crippen LogP contribution is -2.52. The standard InChI is InChI=1S/C13H18BrN3O3S/c1-13(7-15,9-2-3-9)17-21(19,20)11-5-8(12(16)18)4-10(14)6-11/h4-6,9,17H,2-3,7,15H2,1H3,(H2,16,18). The quantitative estimate of drug-likeness (QED) is 0.686. The molecule has 0 radical (unpaired) electrons. The van der Waals surface area contributed by atoms with E-state index < -0.39 is 21.5 Å². The molecule has 6 nitrogen and oxygen atoms in total. The van der Waals surface area contributed by atoms with Crippen molar-refractivity contribution in [1.29, 1.82) is 0 Å². The van der Waals surface area contributed by atoms with E-state index in [0.29, 0.717) is 4.47 Å². The molecule has 1 unspecified atom stereocenters. The minimum absolute atomic E-state index is 0.00833. The Morgan fingerprint density at radius 2 is 2.05 bits per heavy atom. The molecular formula is C13H18BrN3O3S. The normalized spacial score (nSPS) is 18.2. The van der Waals surface area contributed by atoms with Crippen LogP contribution in [0.5, 0.6) is 0 Å². The van der Waals surface area contributed by atoms with E-state index in [9.17, 15) is 13.2 Å². The molecule has 21 heavy (non-hydrogen) atoms. The van der Waals surface area contributed by atoms with Crippen LogP contribution in [0.15, 0.2) is 27.6 Å². The molecule has 1 fully saturated rings. The second-order valence-electron chi connectivity index (χ2n) is 5.54. The third kappa shape index (κ3) is 3.63. The third-order valence-electron chi connectivity index (χ3n) is 3.74. The maximum atomic E-state index is 12.5. The van der Waals surface area contributed by atoms with Gasteiger partial charge in [-0.1, -0.05) is 15.9 Å². The fourth-order valence-electron chi connectivity index (χ4n) is 2.24. The number of hydrogen-bond acceptors (Lipinski definition) is 4. The third-order valence-corrected chi connectivity index (χ3v) is 5.79. The summed E-state index contributed by atoms with van der Waals surface area (Å²) in [6, 6.07) is 4.17. The van der Waals surface area contributed by atoms with Crippen LogP contribution >= 0.6 is 15.9 Å². The highest BCUT2D eigenvalue weighted by molar-refractivity contribution is 9.10. The average Bonchev–Trinajstić information content (AvgIpc) is 3.22. The number of benzene rings is 1. The zero-order valence-electron chi connectivity index (χ0n) is 11.6. The van der Waals surface area contributed by atoms with Gasteiger partial charge in [0, 0.05) is 22.1 Å². The molecule has 116 valence electrons. The second kappa shape index (κ2) is 5.68. The van der Waals surface area contributed by atoms with Crippen molar-refractivity contribution in [2.45, 2.75) is 30.2 Å².